The number of fused-ring (bicyclic) bond motifs is 1. The third kappa shape index (κ3) is 2.41. The summed E-state index contributed by atoms with van der Waals surface area (Å²) >= 11 is 1.39. The van der Waals surface area contributed by atoms with Gasteiger partial charge in [0, 0.05) is 18.2 Å². The van der Waals surface area contributed by atoms with Crippen LogP contribution in [0.15, 0.2) is 59.8 Å². The van der Waals surface area contributed by atoms with Crippen molar-refractivity contribution in [3.05, 3.63) is 65.7 Å². The maximum atomic E-state index is 11.9. The lowest BCUT2D eigenvalue weighted by Gasteiger charge is -2.09. The number of hydrogen-bond donors (Lipinski definition) is 0. The minimum atomic E-state index is -0.384. The maximum absolute atomic E-state index is 11.9. The van der Waals surface area contributed by atoms with E-state index in [2.05, 4.69) is 10.2 Å². The normalized spacial score (nSPS) is 16.2. The first-order valence-electron chi connectivity index (χ1n) is 7.15. The van der Waals surface area contributed by atoms with Crippen LogP contribution in [0.25, 0.3) is 11.4 Å². The predicted molar refractivity (Wildman–Crippen MR) is 86.9 cm³/mol. The molecular formula is C17H13N3O2S. The van der Waals surface area contributed by atoms with E-state index in [1.165, 1.54) is 11.8 Å². The van der Waals surface area contributed by atoms with Crippen LogP contribution in [0.4, 0.5) is 0 Å². The molecule has 0 unspecified atom stereocenters. The Morgan fingerprint density at radius 1 is 1.04 bits per heavy atom. The Labute approximate surface area is 137 Å². The van der Waals surface area contributed by atoms with Crippen molar-refractivity contribution in [2.24, 2.45) is 7.05 Å². The third-order valence-electron chi connectivity index (χ3n) is 3.73. The Morgan fingerprint density at radius 2 is 1.78 bits per heavy atom. The van der Waals surface area contributed by atoms with E-state index in [1.54, 1.807) is 6.07 Å². The van der Waals surface area contributed by atoms with Gasteiger partial charge in [-0.25, -0.2) is 4.79 Å². The van der Waals surface area contributed by atoms with Crippen LogP contribution in [0.1, 0.15) is 21.4 Å². The van der Waals surface area contributed by atoms with Crippen molar-refractivity contribution in [3.8, 4) is 11.4 Å². The van der Waals surface area contributed by atoms with Crippen LogP contribution in [0.2, 0.25) is 0 Å². The van der Waals surface area contributed by atoms with Crippen LogP contribution in [0.3, 0.4) is 0 Å². The average molecular weight is 323 g/mol. The molecule has 114 valence electrons. The number of ether oxygens (including phenoxy) is 1. The molecule has 0 aliphatic carbocycles. The second kappa shape index (κ2) is 5.55. The van der Waals surface area contributed by atoms with Gasteiger partial charge >= 0.3 is 5.97 Å². The number of rotatable bonds is 3. The number of carbonyl (C=O) groups excluding carboxylic acids is 1. The summed E-state index contributed by atoms with van der Waals surface area (Å²) in [6, 6.07) is 17.3. The second-order valence-electron chi connectivity index (χ2n) is 5.17. The molecule has 0 N–H and O–H groups in total. The standard InChI is InChI=1S/C17H13N3O2S/c1-20-14(11-7-3-2-4-8-11)18-19-17(20)23-16-13-10-6-5-9-12(13)15(21)22-16/h2-10,16H,1H3/t16-/m0/s1. The minimum Gasteiger partial charge on any atom is -0.442 e. The van der Waals surface area contributed by atoms with E-state index < -0.39 is 0 Å². The molecule has 5 nitrogen and oxygen atoms in total. The first-order chi connectivity index (χ1) is 11.2. The van der Waals surface area contributed by atoms with Gasteiger partial charge in [-0.05, 0) is 17.8 Å². The average Bonchev–Trinajstić information content (AvgIpc) is 3.10. The van der Waals surface area contributed by atoms with Crippen molar-refractivity contribution in [1.82, 2.24) is 14.8 Å². The molecule has 0 saturated carbocycles. The highest BCUT2D eigenvalue weighted by Gasteiger charge is 2.32. The monoisotopic (exact) mass is 323 g/mol. The molecule has 1 aliphatic heterocycles. The zero-order chi connectivity index (χ0) is 15.8. The highest BCUT2D eigenvalue weighted by atomic mass is 32.2. The van der Waals surface area contributed by atoms with Gasteiger partial charge in [0.15, 0.2) is 16.4 Å². The van der Waals surface area contributed by atoms with Crippen LogP contribution in [-0.2, 0) is 11.8 Å². The summed E-state index contributed by atoms with van der Waals surface area (Å²) < 4.78 is 7.36. The number of benzene rings is 2. The van der Waals surface area contributed by atoms with Crippen molar-refractivity contribution in [2.45, 2.75) is 10.6 Å². The lowest BCUT2D eigenvalue weighted by Crippen LogP contribution is -1.99. The van der Waals surface area contributed by atoms with Gasteiger partial charge in [-0.3, -0.25) is 0 Å². The van der Waals surface area contributed by atoms with E-state index in [4.69, 9.17) is 4.74 Å². The number of carbonyl (C=O) groups is 1. The molecule has 0 fully saturated rings. The van der Waals surface area contributed by atoms with Gasteiger partial charge in [-0.1, -0.05) is 48.5 Å². The summed E-state index contributed by atoms with van der Waals surface area (Å²) in [5.74, 6) is 0.495. The molecule has 1 aliphatic rings. The lowest BCUT2D eigenvalue weighted by molar-refractivity contribution is 0.0521. The van der Waals surface area contributed by atoms with Crippen molar-refractivity contribution < 1.29 is 9.53 Å². The molecule has 1 atom stereocenters. The molecule has 2 heterocycles. The summed E-state index contributed by atoms with van der Waals surface area (Å²) in [7, 11) is 1.91. The molecule has 4 rings (SSSR count). The molecule has 2 aromatic carbocycles. The quantitative estimate of drug-likeness (QED) is 0.691. The van der Waals surface area contributed by atoms with E-state index >= 15 is 0 Å². The number of cyclic esters (lactones) is 1. The zero-order valence-corrected chi connectivity index (χ0v) is 13.2. The van der Waals surface area contributed by atoms with Gasteiger partial charge < -0.3 is 9.30 Å². The number of nitrogens with zero attached hydrogens (tertiary/aromatic N) is 3. The summed E-state index contributed by atoms with van der Waals surface area (Å²) in [6.07, 6.45) is 0. The number of hydrogen-bond acceptors (Lipinski definition) is 5. The Bertz CT molecular complexity index is 877. The largest absolute Gasteiger partial charge is 0.442 e. The lowest BCUT2D eigenvalue weighted by atomic mass is 10.1. The fourth-order valence-electron chi connectivity index (χ4n) is 2.55. The first-order valence-corrected chi connectivity index (χ1v) is 8.03. The molecule has 3 aromatic rings. The van der Waals surface area contributed by atoms with Gasteiger partial charge in [0.2, 0.25) is 0 Å². The van der Waals surface area contributed by atoms with E-state index in [-0.39, 0.29) is 11.4 Å². The Kier molecular flexibility index (Phi) is 3.38. The van der Waals surface area contributed by atoms with Gasteiger partial charge in [0.25, 0.3) is 0 Å². The molecule has 1 aromatic heterocycles. The van der Waals surface area contributed by atoms with E-state index in [0.29, 0.717) is 10.7 Å². The molecule has 0 radical (unpaired) electrons. The predicted octanol–water partition coefficient (Wildman–Crippen LogP) is 3.44. The topological polar surface area (TPSA) is 57.0 Å². The minimum absolute atomic E-state index is 0.288. The van der Waals surface area contributed by atoms with Gasteiger partial charge in [-0.2, -0.15) is 0 Å². The Balaban J connectivity index is 1.64. The van der Waals surface area contributed by atoms with Crippen molar-refractivity contribution in [2.75, 3.05) is 0 Å². The number of aromatic nitrogens is 3. The maximum Gasteiger partial charge on any atom is 0.340 e. The van der Waals surface area contributed by atoms with Crippen LogP contribution in [0.5, 0.6) is 0 Å². The van der Waals surface area contributed by atoms with Crippen molar-refractivity contribution >= 4 is 17.7 Å². The molecule has 0 spiro atoms. The Morgan fingerprint density at radius 3 is 2.61 bits per heavy atom. The number of thioether (sulfide) groups is 1. The van der Waals surface area contributed by atoms with Crippen LogP contribution in [-0.4, -0.2) is 20.7 Å². The van der Waals surface area contributed by atoms with Gasteiger partial charge in [-0.15, -0.1) is 10.2 Å². The molecule has 23 heavy (non-hydrogen) atoms. The van der Waals surface area contributed by atoms with Crippen molar-refractivity contribution in [1.29, 1.82) is 0 Å². The van der Waals surface area contributed by atoms with E-state index in [1.807, 2.05) is 60.1 Å². The molecular weight excluding hydrogens is 310 g/mol. The van der Waals surface area contributed by atoms with Gasteiger partial charge in [0.1, 0.15) is 0 Å². The summed E-state index contributed by atoms with van der Waals surface area (Å²) in [5, 5.41) is 9.20. The van der Waals surface area contributed by atoms with E-state index in [9.17, 15) is 4.79 Å². The zero-order valence-electron chi connectivity index (χ0n) is 12.3. The van der Waals surface area contributed by atoms with Gasteiger partial charge in [0.05, 0.1) is 5.56 Å². The third-order valence-corrected chi connectivity index (χ3v) is 4.86. The summed E-state index contributed by atoms with van der Waals surface area (Å²) in [4.78, 5) is 11.9. The highest BCUT2D eigenvalue weighted by molar-refractivity contribution is 7.99. The second-order valence-corrected chi connectivity index (χ2v) is 6.20. The molecule has 6 heteroatoms. The fourth-order valence-corrected chi connectivity index (χ4v) is 3.54. The molecule has 0 saturated heterocycles. The van der Waals surface area contributed by atoms with Crippen LogP contribution < -0.4 is 0 Å². The number of esters is 1. The molecule has 0 bridgehead atoms. The molecule has 0 amide bonds. The summed E-state index contributed by atoms with van der Waals surface area (Å²) in [5.41, 5.74) is 2.12. The highest BCUT2D eigenvalue weighted by Crippen LogP contribution is 2.42. The first kappa shape index (κ1) is 14.0. The smallest absolute Gasteiger partial charge is 0.340 e. The fraction of sp³-hybridized carbons (Fsp3) is 0.118. The van der Waals surface area contributed by atoms with E-state index in [0.717, 1.165) is 17.0 Å². The summed E-state index contributed by atoms with van der Waals surface area (Å²) in [6.45, 7) is 0. The Hall–Kier alpha value is -2.60. The van der Waals surface area contributed by atoms with Crippen LogP contribution >= 0.6 is 11.8 Å². The van der Waals surface area contributed by atoms with Crippen LogP contribution in [0, 0.1) is 0 Å². The SMILES string of the molecule is Cn1c(S[C@@H]2OC(=O)c3ccccc32)nnc1-c1ccccc1. The van der Waals surface area contributed by atoms with Crippen molar-refractivity contribution in [3.63, 3.8) is 0 Å².